The number of anilines is 1. The number of hydrogen-bond donors (Lipinski definition) is 2. The Morgan fingerprint density at radius 3 is 2.94 bits per heavy atom. The van der Waals surface area contributed by atoms with Crippen LogP contribution in [-0.4, -0.2) is 16.1 Å². The van der Waals surface area contributed by atoms with Gasteiger partial charge in [-0.2, -0.15) is 0 Å². The fraction of sp³-hybridized carbons (Fsp3) is 0.0909. The normalized spacial score (nSPS) is 10.4. The average Bonchev–Trinajstić information content (AvgIpc) is 2.77. The molecular formula is C11H10N2O2S2. The van der Waals surface area contributed by atoms with Crippen molar-refractivity contribution in [1.29, 1.82) is 0 Å². The molecule has 0 spiro atoms. The molecule has 0 radical (unpaired) electrons. The highest BCUT2D eigenvalue weighted by molar-refractivity contribution is 7.98. The van der Waals surface area contributed by atoms with Crippen molar-refractivity contribution < 1.29 is 9.90 Å². The van der Waals surface area contributed by atoms with Crippen LogP contribution in [-0.2, 0) is 5.75 Å². The summed E-state index contributed by atoms with van der Waals surface area (Å²) in [6.07, 6.45) is 3.30. The fourth-order valence-corrected chi connectivity index (χ4v) is 3.07. The minimum atomic E-state index is -0.880. The van der Waals surface area contributed by atoms with Gasteiger partial charge in [0.25, 0.3) is 0 Å². The van der Waals surface area contributed by atoms with E-state index in [4.69, 9.17) is 10.8 Å². The van der Waals surface area contributed by atoms with Crippen LogP contribution in [0, 0.1) is 0 Å². The van der Waals surface area contributed by atoms with Gasteiger partial charge in [0.1, 0.15) is 4.88 Å². The molecule has 0 bridgehead atoms. The summed E-state index contributed by atoms with van der Waals surface area (Å²) >= 11 is 2.87. The third-order valence-corrected chi connectivity index (χ3v) is 4.45. The number of nitrogens with two attached hydrogens (primary N) is 1. The minimum absolute atomic E-state index is 0.364. The maximum atomic E-state index is 10.7. The number of nitrogens with zero attached hydrogens (tertiary/aromatic N) is 1. The molecule has 6 heteroatoms. The standard InChI is InChI=1S/C11H10N2O2S2/c12-8-5-13-4-3-9(8)16-6-7-1-2-10(17-7)11(14)15/h1-5H,6,12H2,(H,14,15). The molecule has 0 atom stereocenters. The molecule has 88 valence electrons. The summed E-state index contributed by atoms with van der Waals surface area (Å²) in [5.74, 6) is -0.165. The summed E-state index contributed by atoms with van der Waals surface area (Å²) in [6, 6.07) is 5.31. The first-order chi connectivity index (χ1) is 8.16. The number of carboxylic acid groups (broad SMARTS) is 1. The summed E-state index contributed by atoms with van der Waals surface area (Å²) in [6.45, 7) is 0. The van der Waals surface area contributed by atoms with Crippen LogP contribution in [0.1, 0.15) is 14.5 Å². The lowest BCUT2D eigenvalue weighted by Crippen LogP contribution is -1.90. The summed E-state index contributed by atoms with van der Waals surface area (Å²) in [5.41, 5.74) is 6.41. The molecule has 0 amide bonds. The van der Waals surface area contributed by atoms with Gasteiger partial charge in [0.2, 0.25) is 0 Å². The van der Waals surface area contributed by atoms with Gasteiger partial charge < -0.3 is 10.8 Å². The topological polar surface area (TPSA) is 76.2 Å². The summed E-state index contributed by atoms with van der Waals surface area (Å²) in [5, 5.41) is 8.80. The van der Waals surface area contributed by atoms with Gasteiger partial charge in [0, 0.05) is 21.7 Å². The zero-order chi connectivity index (χ0) is 12.3. The molecule has 0 saturated heterocycles. The SMILES string of the molecule is Nc1cnccc1SCc1ccc(C(=O)O)s1. The largest absolute Gasteiger partial charge is 0.477 e. The molecule has 4 nitrogen and oxygen atoms in total. The Morgan fingerprint density at radius 2 is 2.29 bits per heavy atom. The number of aromatic nitrogens is 1. The van der Waals surface area contributed by atoms with Gasteiger partial charge in [-0.15, -0.1) is 23.1 Å². The Morgan fingerprint density at radius 1 is 1.47 bits per heavy atom. The number of aromatic carboxylic acids is 1. The lowest BCUT2D eigenvalue weighted by atomic mass is 10.4. The Kier molecular flexibility index (Phi) is 3.65. The van der Waals surface area contributed by atoms with Crippen LogP contribution in [0.4, 0.5) is 5.69 Å². The Hall–Kier alpha value is -1.53. The average molecular weight is 266 g/mol. The molecule has 0 saturated carbocycles. The van der Waals surface area contributed by atoms with Crippen LogP contribution in [0.25, 0.3) is 0 Å². The van der Waals surface area contributed by atoms with Gasteiger partial charge in [-0.25, -0.2) is 4.79 Å². The van der Waals surface area contributed by atoms with Crippen molar-refractivity contribution in [2.24, 2.45) is 0 Å². The summed E-state index contributed by atoms with van der Waals surface area (Å²) in [7, 11) is 0. The summed E-state index contributed by atoms with van der Waals surface area (Å²) in [4.78, 5) is 17.0. The number of nitrogen functional groups attached to an aromatic ring is 1. The third kappa shape index (κ3) is 2.98. The molecule has 0 aliphatic heterocycles. The molecule has 0 aliphatic rings. The number of pyridine rings is 1. The van der Waals surface area contributed by atoms with Crippen molar-refractivity contribution in [2.75, 3.05) is 5.73 Å². The van der Waals surface area contributed by atoms with E-state index in [-0.39, 0.29) is 0 Å². The number of hydrogen-bond acceptors (Lipinski definition) is 5. The van der Waals surface area contributed by atoms with Gasteiger partial charge in [0.15, 0.2) is 0 Å². The number of carboxylic acids is 1. The van der Waals surface area contributed by atoms with Crippen LogP contribution in [0.3, 0.4) is 0 Å². The molecule has 0 aliphatic carbocycles. The van der Waals surface area contributed by atoms with E-state index >= 15 is 0 Å². The summed E-state index contributed by atoms with van der Waals surface area (Å²) < 4.78 is 0. The van der Waals surface area contributed by atoms with Crippen molar-refractivity contribution in [3.8, 4) is 0 Å². The van der Waals surface area contributed by atoms with Gasteiger partial charge in [-0.1, -0.05) is 0 Å². The van der Waals surface area contributed by atoms with E-state index in [0.717, 1.165) is 9.77 Å². The van der Waals surface area contributed by atoms with E-state index in [2.05, 4.69) is 4.98 Å². The second-order valence-electron chi connectivity index (χ2n) is 3.27. The van der Waals surface area contributed by atoms with Crippen LogP contribution in [0.15, 0.2) is 35.5 Å². The maximum absolute atomic E-state index is 10.7. The molecule has 2 heterocycles. The molecule has 0 unspecified atom stereocenters. The molecule has 2 aromatic heterocycles. The van der Waals surface area contributed by atoms with Crippen LogP contribution < -0.4 is 5.73 Å². The lowest BCUT2D eigenvalue weighted by Gasteiger charge is -2.02. The zero-order valence-electron chi connectivity index (χ0n) is 8.79. The van der Waals surface area contributed by atoms with Crippen molar-refractivity contribution >= 4 is 34.8 Å². The highest BCUT2D eigenvalue weighted by Gasteiger charge is 2.07. The van der Waals surface area contributed by atoms with Gasteiger partial charge in [0.05, 0.1) is 11.9 Å². The van der Waals surface area contributed by atoms with E-state index in [0.29, 0.717) is 16.3 Å². The number of thiophene rings is 1. The predicted molar refractivity (Wildman–Crippen MR) is 69.5 cm³/mol. The first-order valence-corrected chi connectivity index (χ1v) is 6.61. The van der Waals surface area contributed by atoms with E-state index in [9.17, 15) is 4.79 Å². The molecule has 2 aromatic rings. The first-order valence-electron chi connectivity index (χ1n) is 4.81. The van der Waals surface area contributed by atoms with Crippen LogP contribution in [0.5, 0.6) is 0 Å². The highest BCUT2D eigenvalue weighted by atomic mass is 32.2. The highest BCUT2D eigenvalue weighted by Crippen LogP contribution is 2.29. The maximum Gasteiger partial charge on any atom is 0.345 e. The number of thioether (sulfide) groups is 1. The molecule has 0 aromatic carbocycles. The minimum Gasteiger partial charge on any atom is -0.477 e. The van der Waals surface area contributed by atoms with Crippen molar-refractivity contribution in [1.82, 2.24) is 4.98 Å². The number of rotatable bonds is 4. The molecule has 0 fully saturated rings. The van der Waals surface area contributed by atoms with Crippen molar-refractivity contribution in [3.05, 3.63) is 40.3 Å². The smallest absolute Gasteiger partial charge is 0.345 e. The van der Waals surface area contributed by atoms with Gasteiger partial charge in [-0.05, 0) is 18.2 Å². The quantitative estimate of drug-likeness (QED) is 0.832. The van der Waals surface area contributed by atoms with E-state index in [1.54, 1.807) is 30.2 Å². The van der Waals surface area contributed by atoms with Gasteiger partial charge in [-0.3, -0.25) is 4.98 Å². The van der Waals surface area contributed by atoms with Crippen LogP contribution >= 0.6 is 23.1 Å². The zero-order valence-corrected chi connectivity index (χ0v) is 10.4. The number of carbonyl (C=O) groups is 1. The second-order valence-corrected chi connectivity index (χ2v) is 5.46. The Balaban J connectivity index is 2.02. The lowest BCUT2D eigenvalue weighted by molar-refractivity contribution is 0.0702. The predicted octanol–water partition coefficient (Wildman–Crippen LogP) is 2.72. The molecular weight excluding hydrogens is 256 g/mol. The molecule has 3 N–H and O–H groups in total. The third-order valence-electron chi connectivity index (χ3n) is 2.05. The van der Waals surface area contributed by atoms with Crippen LogP contribution in [0.2, 0.25) is 0 Å². The Bertz CT molecular complexity index is 540. The van der Waals surface area contributed by atoms with Crippen molar-refractivity contribution in [2.45, 2.75) is 10.6 Å². The Labute approximate surface area is 106 Å². The second kappa shape index (κ2) is 5.20. The fourth-order valence-electron chi connectivity index (χ4n) is 1.24. The molecule has 2 rings (SSSR count). The van der Waals surface area contributed by atoms with E-state index < -0.39 is 5.97 Å². The molecule has 17 heavy (non-hydrogen) atoms. The van der Waals surface area contributed by atoms with E-state index in [1.807, 2.05) is 12.1 Å². The van der Waals surface area contributed by atoms with Gasteiger partial charge >= 0.3 is 5.97 Å². The monoisotopic (exact) mass is 266 g/mol. The van der Waals surface area contributed by atoms with Crippen molar-refractivity contribution in [3.63, 3.8) is 0 Å². The van der Waals surface area contributed by atoms with E-state index in [1.165, 1.54) is 11.3 Å². The first kappa shape index (κ1) is 11.9.